The number of thiazole rings is 1. The Morgan fingerprint density at radius 3 is 2.92 bits per heavy atom. The molecular weight excluding hydrogens is 342 g/mol. The first-order valence-corrected chi connectivity index (χ1v) is 8.78. The van der Waals surface area contributed by atoms with E-state index in [1.165, 1.54) is 23.6 Å². The lowest BCUT2D eigenvalue weighted by Gasteiger charge is -2.25. The smallest absolute Gasteiger partial charge is 0.321 e. The summed E-state index contributed by atoms with van der Waals surface area (Å²) in [5.41, 5.74) is 0.622. The molecule has 0 spiro atoms. The number of carbonyl (C=O) groups excluding carboxylic acids is 2. The molecule has 0 fully saturated rings. The number of anilines is 1. The summed E-state index contributed by atoms with van der Waals surface area (Å²) in [7, 11) is 0. The summed E-state index contributed by atoms with van der Waals surface area (Å²) < 4.78 is 0. The van der Waals surface area contributed by atoms with E-state index in [-0.39, 0.29) is 23.5 Å². The second kappa shape index (κ2) is 7.06. The van der Waals surface area contributed by atoms with Gasteiger partial charge >= 0.3 is 6.03 Å². The molecule has 0 atom stereocenters. The van der Waals surface area contributed by atoms with Crippen LogP contribution in [0.15, 0.2) is 23.1 Å². The second-order valence-corrected chi connectivity index (χ2v) is 7.12. The predicted molar refractivity (Wildman–Crippen MR) is 94.9 cm³/mol. The van der Waals surface area contributed by atoms with Crippen molar-refractivity contribution >= 4 is 28.4 Å². The van der Waals surface area contributed by atoms with Crippen LogP contribution in [0.1, 0.15) is 34.8 Å². The van der Waals surface area contributed by atoms with Crippen molar-refractivity contribution in [3.63, 3.8) is 0 Å². The van der Waals surface area contributed by atoms with Crippen molar-refractivity contribution < 1.29 is 9.59 Å². The number of aromatic nitrogens is 2. The van der Waals surface area contributed by atoms with Gasteiger partial charge in [-0.1, -0.05) is 11.3 Å². The number of H-pyrrole nitrogens is 1. The summed E-state index contributed by atoms with van der Waals surface area (Å²) in [5, 5.41) is 5.96. The highest BCUT2D eigenvalue weighted by atomic mass is 32.1. The van der Waals surface area contributed by atoms with Crippen LogP contribution in [0.4, 0.5) is 9.93 Å². The van der Waals surface area contributed by atoms with Crippen molar-refractivity contribution in [2.45, 2.75) is 32.9 Å². The third-order valence-corrected chi connectivity index (χ3v) is 4.71. The van der Waals surface area contributed by atoms with Gasteiger partial charge in [-0.2, -0.15) is 0 Å². The average Bonchev–Trinajstić information content (AvgIpc) is 2.94. The van der Waals surface area contributed by atoms with E-state index in [9.17, 15) is 14.4 Å². The molecule has 132 valence electrons. The number of amides is 3. The van der Waals surface area contributed by atoms with Crippen molar-refractivity contribution in [3.05, 3.63) is 44.8 Å². The van der Waals surface area contributed by atoms with Crippen molar-refractivity contribution in [1.82, 2.24) is 20.2 Å². The monoisotopic (exact) mass is 361 g/mol. The van der Waals surface area contributed by atoms with Crippen LogP contribution in [0.25, 0.3) is 0 Å². The Balaban J connectivity index is 1.71. The maximum Gasteiger partial charge on any atom is 0.321 e. The molecule has 0 aliphatic carbocycles. The molecule has 3 heterocycles. The first kappa shape index (κ1) is 17.2. The van der Waals surface area contributed by atoms with Crippen LogP contribution in [0, 0.1) is 0 Å². The van der Waals surface area contributed by atoms with Crippen LogP contribution < -0.4 is 16.2 Å². The van der Waals surface area contributed by atoms with Gasteiger partial charge in [-0.05, 0) is 26.0 Å². The van der Waals surface area contributed by atoms with Gasteiger partial charge < -0.3 is 15.2 Å². The van der Waals surface area contributed by atoms with Crippen molar-refractivity contribution in [3.8, 4) is 0 Å². The molecule has 0 aromatic carbocycles. The van der Waals surface area contributed by atoms with Crippen molar-refractivity contribution in [2.24, 2.45) is 0 Å². The van der Waals surface area contributed by atoms with Gasteiger partial charge in [0.25, 0.3) is 11.5 Å². The molecule has 8 nitrogen and oxygen atoms in total. The van der Waals surface area contributed by atoms with Crippen molar-refractivity contribution in [2.75, 3.05) is 11.9 Å². The molecule has 3 amide bonds. The van der Waals surface area contributed by atoms with Crippen LogP contribution >= 0.6 is 11.3 Å². The van der Waals surface area contributed by atoms with Crippen LogP contribution in [0.3, 0.4) is 0 Å². The summed E-state index contributed by atoms with van der Waals surface area (Å²) in [4.78, 5) is 45.6. The van der Waals surface area contributed by atoms with Gasteiger partial charge in [0, 0.05) is 30.1 Å². The van der Waals surface area contributed by atoms with E-state index in [2.05, 4.69) is 20.6 Å². The third kappa shape index (κ3) is 3.87. The number of hydrogen-bond donors (Lipinski definition) is 3. The number of nitrogens with one attached hydrogen (secondary N) is 3. The largest absolute Gasteiger partial charge is 0.336 e. The molecular formula is C16H19N5O3S. The topological polar surface area (TPSA) is 107 Å². The SMILES string of the molecule is CC(C)NC(=O)Nc1nc2c(s1)CN(C(=O)c1ccc[nH]c1=O)CC2. The highest BCUT2D eigenvalue weighted by Gasteiger charge is 2.26. The number of carbonyl (C=O) groups is 2. The zero-order chi connectivity index (χ0) is 18.0. The van der Waals surface area contributed by atoms with E-state index in [1.807, 2.05) is 13.8 Å². The Labute approximate surface area is 148 Å². The van der Waals surface area contributed by atoms with E-state index in [1.54, 1.807) is 11.0 Å². The fourth-order valence-corrected chi connectivity index (χ4v) is 3.60. The zero-order valence-corrected chi connectivity index (χ0v) is 14.8. The molecule has 2 aromatic rings. The van der Waals surface area contributed by atoms with Gasteiger partial charge in [-0.15, -0.1) is 0 Å². The Bertz CT molecular complexity index is 857. The number of urea groups is 1. The summed E-state index contributed by atoms with van der Waals surface area (Å²) >= 11 is 1.35. The molecule has 0 unspecified atom stereocenters. The minimum absolute atomic E-state index is 0.0339. The highest BCUT2D eigenvalue weighted by molar-refractivity contribution is 7.15. The van der Waals surface area contributed by atoms with E-state index in [4.69, 9.17) is 0 Å². The standard InChI is InChI=1S/C16H19N5O3S/c1-9(2)18-15(24)20-16-19-11-5-7-21(8-12(11)25-16)14(23)10-4-3-6-17-13(10)22/h3-4,6,9H,5,7-8H2,1-2H3,(H,17,22)(H2,18,19,20,24). The normalized spacial score (nSPS) is 13.5. The van der Waals surface area contributed by atoms with Gasteiger partial charge in [0.05, 0.1) is 12.2 Å². The minimum atomic E-state index is -0.393. The quantitative estimate of drug-likeness (QED) is 0.771. The summed E-state index contributed by atoms with van der Waals surface area (Å²) in [6.07, 6.45) is 2.09. The van der Waals surface area contributed by atoms with E-state index >= 15 is 0 Å². The molecule has 1 aliphatic heterocycles. The predicted octanol–water partition coefficient (Wildman–Crippen LogP) is 1.56. The van der Waals surface area contributed by atoms with Crippen molar-refractivity contribution in [1.29, 1.82) is 0 Å². The van der Waals surface area contributed by atoms with Crippen LogP contribution in [0.2, 0.25) is 0 Å². The van der Waals surface area contributed by atoms with Gasteiger partial charge in [0.1, 0.15) is 5.56 Å². The lowest BCUT2D eigenvalue weighted by atomic mass is 10.1. The Morgan fingerprint density at radius 2 is 2.20 bits per heavy atom. The summed E-state index contributed by atoms with van der Waals surface area (Å²) in [6.45, 7) is 4.62. The molecule has 0 radical (unpaired) electrons. The average molecular weight is 361 g/mol. The lowest BCUT2D eigenvalue weighted by Crippen LogP contribution is -2.38. The molecule has 25 heavy (non-hydrogen) atoms. The van der Waals surface area contributed by atoms with E-state index < -0.39 is 5.56 Å². The number of nitrogens with zero attached hydrogens (tertiary/aromatic N) is 2. The maximum absolute atomic E-state index is 12.5. The Hall–Kier alpha value is -2.68. The van der Waals surface area contributed by atoms with Crippen LogP contribution in [0.5, 0.6) is 0 Å². The fourth-order valence-electron chi connectivity index (χ4n) is 2.58. The van der Waals surface area contributed by atoms with Gasteiger partial charge in [0.2, 0.25) is 0 Å². The molecule has 1 aliphatic rings. The second-order valence-electron chi connectivity index (χ2n) is 6.03. The number of fused-ring (bicyclic) bond motifs is 1. The molecule has 0 bridgehead atoms. The van der Waals surface area contributed by atoms with Crippen LogP contribution in [-0.2, 0) is 13.0 Å². The third-order valence-electron chi connectivity index (χ3n) is 3.71. The fraction of sp³-hybridized carbons (Fsp3) is 0.375. The van der Waals surface area contributed by atoms with E-state index in [0.717, 1.165) is 10.6 Å². The van der Waals surface area contributed by atoms with Gasteiger partial charge in [-0.3, -0.25) is 14.9 Å². The Kier molecular flexibility index (Phi) is 4.84. The number of aromatic amines is 1. The van der Waals surface area contributed by atoms with Gasteiger partial charge in [-0.25, -0.2) is 9.78 Å². The summed E-state index contributed by atoms with van der Waals surface area (Å²) in [6, 6.07) is 2.88. The lowest BCUT2D eigenvalue weighted by molar-refractivity contribution is 0.0734. The number of hydrogen-bond acceptors (Lipinski definition) is 5. The summed E-state index contributed by atoms with van der Waals surface area (Å²) in [5.74, 6) is -0.298. The van der Waals surface area contributed by atoms with Crippen LogP contribution in [-0.4, -0.2) is 39.4 Å². The molecule has 2 aromatic heterocycles. The first-order chi connectivity index (χ1) is 11.9. The van der Waals surface area contributed by atoms with Gasteiger partial charge in [0.15, 0.2) is 5.13 Å². The molecule has 0 saturated heterocycles. The van der Waals surface area contributed by atoms with E-state index in [0.29, 0.717) is 24.6 Å². The number of pyridine rings is 1. The molecule has 3 rings (SSSR count). The molecule has 9 heteroatoms. The molecule has 0 saturated carbocycles. The highest BCUT2D eigenvalue weighted by Crippen LogP contribution is 2.28. The maximum atomic E-state index is 12.5. The first-order valence-electron chi connectivity index (χ1n) is 7.97. The zero-order valence-electron chi connectivity index (χ0n) is 14.0. The number of rotatable bonds is 3. The Morgan fingerprint density at radius 1 is 1.40 bits per heavy atom. The minimum Gasteiger partial charge on any atom is -0.336 e. The molecule has 3 N–H and O–H groups in total.